The molecule has 4 aliphatic heterocycles. The fraction of sp³-hybridized carbons (Fsp3) is 0.593. The van der Waals surface area contributed by atoms with Gasteiger partial charge in [-0.1, -0.05) is 74.2 Å². The Labute approximate surface area is 442 Å². The van der Waals surface area contributed by atoms with Gasteiger partial charge in [0.2, 0.25) is 35.4 Å². The molecule has 22 heteroatoms. The van der Waals surface area contributed by atoms with Crippen molar-refractivity contribution in [1.29, 1.82) is 0 Å². The van der Waals surface area contributed by atoms with E-state index in [2.05, 4.69) is 20.6 Å². The quantitative estimate of drug-likeness (QED) is 0.0558. The number of carboxylic acids is 2. The number of hydrogen-bond acceptors (Lipinski definition) is 10. The standard InChI is InChI=1S/C54H74N12O10/c55-53(56)59-23-9-17-37(51(73)74)61-47(69)41-27-33-13-5-7-19-39(33)65(41)49(71)43-25-31-11-1-3-15-35(31)29-63(43)45(67)21-22-46(68)64-30-36-16-4-2-12-32(36)26-44(64)50(72)66-40-20-8-6-14-34(40)28-42(66)48(70)62-38(52(75)76)18-10-24-60-54(57)58/h1-4,11-12,15-16,33-34,37-44H,5-10,13-14,17-30H2,(H,61,69)(H,62,70)(H,73,74)(H,75,76)(H4,55,56,59)(H4,57,58,60)/t33?,34?,37-,38-,39?,40?,41-,42-,43+,44+/m0/s1. The van der Waals surface area contributed by atoms with Crippen LogP contribution in [0.4, 0.5) is 0 Å². The Hall–Kier alpha value is -7.26. The fourth-order valence-electron chi connectivity index (χ4n) is 12.9. The van der Waals surface area contributed by atoms with Crippen LogP contribution in [0.25, 0.3) is 0 Å². The van der Waals surface area contributed by atoms with E-state index >= 15 is 9.59 Å². The molecule has 0 spiro atoms. The smallest absolute Gasteiger partial charge is 0.326 e. The van der Waals surface area contributed by atoms with E-state index in [1.54, 1.807) is 9.80 Å². The number of carboxylic acid groups (broad SMARTS) is 2. The van der Waals surface area contributed by atoms with Gasteiger partial charge in [-0.3, -0.25) is 38.8 Å². The van der Waals surface area contributed by atoms with Gasteiger partial charge < -0.3 is 63.4 Å². The zero-order valence-corrected chi connectivity index (χ0v) is 43.1. The lowest BCUT2D eigenvalue weighted by Gasteiger charge is -2.42. The Morgan fingerprint density at radius 1 is 0.539 bits per heavy atom. The van der Waals surface area contributed by atoms with Crippen molar-refractivity contribution in [3.05, 3.63) is 70.8 Å². The second-order valence-electron chi connectivity index (χ2n) is 21.4. The van der Waals surface area contributed by atoms with Gasteiger partial charge in [0.25, 0.3) is 0 Å². The number of rotatable bonds is 19. The second-order valence-corrected chi connectivity index (χ2v) is 21.4. The minimum Gasteiger partial charge on any atom is -0.480 e. The monoisotopic (exact) mass is 1050 g/mol. The molecule has 2 saturated heterocycles. The van der Waals surface area contributed by atoms with Crippen molar-refractivity contribution in [1.82, 2.24) is 30.2 Å². The van der Waals surface area contributed by atoms with Crippen molar-refractivity contribution in [2.45, 2.75) is 177 Å². The predicted octanol–water partition coefficient (Wildman–Crippen LogP) is 1.24. The predicted molar refractivity (Wildman–Crippen MR) is 279 cm³/mol. The number of nitrogens with one attached hydrogen (secondary N) is 2. The summed E-state index contributed by atoms with van der Waals surface area (Å²) in [6.07, 6.45) is 7.56. The molecule has 410 valence electrons. The summed E-state index contributed by atoms with van der Waals surface area (Å²) < 4.78 is 0. The second kappa shape index (κ2) is 24.6. The van der Waals surface area contributed by atoms with E-state index in [1.807, 2.05) is 48.5 Å². The highest BCUT2D eigenvalue weighted by atomic mass is 16.4. The van der Waals surface area contributed by atoms with Gasteiger partial charge in [0.05, 0.1) is 0 Å². The average Bonchev–Trinajstić information content (AvgIpc) is 4.02. The molecular formula is C54H74N12O10. The van der Waals surface area contributed by atoms with Gasteiger partial charge in [-0.15, -0.1) is 0 Å². The van der Waals surface area contributed by atoms with Gasteiger partial charge in [0, 0.05) is 63.9 Å². The molecule has 2 saturated carbocycles. The van der Waals surface area contributed by atoms with Crippen molar-refractivity contribution < 1.29 is 48.6 Å². The molecular weight excluding hydrogens is 977 g/mol. The molecule has 22 nitrogen and oxygen atoms in total. The van der Waals surface area contributed by atoms with E-state index < -0.39 is 83.6 Å². The van der Waals surface area contributed by atoms with Crippen molar-refractivity contribution in [3.8, 4) is 0 Å². The van der Waals surface area contributed by atoms with Crippen LogP contribution < -0.4 is 33.6 Å². The van der Waals surface area contributed by atoms with E-state index in [4.69, 9.17) is 22.9 Å². The van der Waals surface area contributed by atoms with Gasteiger partial charge in [-0.2, -0.15) is 0 Å². The van der Waals surface area contributed by atoms with E-state index in [0.29, 0.717) is 25.7 Å². The summed E-state index contributed by atoms with van der Waals surface area (Å²) in [6, 6.07) is 7.96. The highest BCUT2D eigenvalue weighted by Crippen LogP contribution is 2.43. The number of carbonyl (C=O) groups is 8. The minimum atomic E-state index is -1.25. The Morgan fingerprint density at radius 2 is 0.908 bits per heavy atom. The van der Waals surface area contributed by atoms with Crippen LogP contribution in [0.5, 0.6) is 0 Å². The molecule has 4 heterocycles. The van der Waals surface area contributed by atoms with Crippen LogP contribution in [-0.2, 0) is 64.3 Å². The summed E-state index contributed by atoms with van der Waals surface area (Å²) in [5, 5.41) is 25.6. The van der Waals surface area contributed by atoms with Crippen LogP contribution in [0.2, 0.25) is 0 Å². The van der Waals surface area contributed by atoms with Crippen LogP contribution in [-0.4, -0.2) is 151 Å². The largest absolute Gasteiger partial charge is 0.480 e. The summed E-state index contributed by atoms with van der Waals surface area (Å²) in [5.41, 5.74) is 25.2. The number of amides is 6. The Kier molecular flexibility index (Phi) is 17.8. The molecule has 4 unspecified atom stereocenters. The number of nitrogens with two attached hydrogens (primary N) is 4. The molecule has 0 radical (unpaired) electrons. The molecule has 6 amide bonds. The van der Waals surface area contributed by atoms with Crippen molar-refractivity contribution in [3.63, 3.8) is 0 Å². The topological polar surface area (TPSA) is 343 Å². The first kappa shape index (κ1) is 55.0. The molecule has 6 aliphatic rings. The van der Waals surface area contributed by atoms with Gasteiger partial charge in [-0.05, 0) is 98.3 Å². The van der Waals surface area contributed by atoms with Gasteiger partial charge in [0.15, 0.2) is 11.9 Å². The Morgan fingerprint density at radius 3 is 1.28 bits per heavy atom. The maximum atomic E-state index is 15.3. The first-order chi connectivity index (χ1) is 36.5. The summed E-state index contributed by atoms with van der Waals surface area (Å²) in [7, 11) is 0. The number of aliphatic carboxylic acids is 2. The summed E-state index contributed by atoms with van der Waals surface area (Å²) in [5.74, 6) is -5.60. The maximum Gasteiger partial charge on any atom is 0.326 e. The third-order valence-electron chi connectivity index (χ3n) is 16.7. The number of fused-ring (bicyclic) bond motifs is 4. The van der Waals surface area contributed by atoms with Crippen LogP contribution in [0.3, 0.4) is 0 Å². The van der Waals surface area contributed by atoms with Gasteiger partial charge >= 0.3 is 11.9 Å². The first-order valence-corrected chi connectivity index (χ1v) is 27.0. The molecule has 0 aromatic heterocycles. The normalized spacial score (nSPS) is 25.3. The van der Waals surface area contributed by atoms with Crippen molar-refractivity contribution >= 4 is 59.3 Å². The number of hydrogen-bond donors (Lipinski definition) is 8. The average molecular weight is 1050 g/mol. The molecule has 12 N–H and O–H groups in total. The molecule has 2 aromatic rings. The van der Waals surface area contributed by atoms with Crippen molar-refractivity contribution in [2.75, 3.05) is 13.1 Å². The van der Waals surface area contributed by atoms with E-state index in [9.17, 15) is 39.0 Å². The zero-order valence-electron chi connectivity index (χ0n) is 43.1. The fourth-order valence-corrected chi connectivity index (χ4v) is 12.9. The molecule has 76 heavy (non-hydrogen) atoms. The number of aliphatic imine (C=N–C) groups is 2. The van der Waals surface area contributed by atoms with Crippen LogP contribution >= 0.6 is 0 Å². The lowest BCUT2D eigenvalue weighted by molar-refractivity contribution is -0.154. The van der Waals surface area contributed by atoms with E-state index in [0.717, 1.165) is 60.8 Å². The number of likely N-dealkylation sites (tertiary alicyclic amines) is 2. The minimum absolute atomic E-state index is 0.00494. The van der Waals surface area contributed by atoms with Crippen LogP contribution in [0.15, 0.2) is 58.5 Å². The summed E-state index contributed by atoms with van der Waals surface area (Å²) in [6.45, 7) is 0.501. The van der Waals surface area contributed by atoms with Crippen LogP contribution in [0.1, 0.15) is 125 Å². The van der Waals surface area contributed by atoms with Crippen LogP contribution in [0, 0.1) is 11.8 Å². The molecule has 2 aromatic carbocycles. The highest BCUT2D eigenvalue weighted by molar-refractivity contribution is 5.97. The first-order valence-electron chi connectivity index (χ1n) is 27.0. The zero-order chi connectivity index (χ0) is 54.2. The number of carbonyl (C=O) groups excluding carboxylic acids is 6. The molecule has 10 atom stereocenters. The number of guanidine groups is 2. The molecule has 8 rings (SSSR count). The van der Waals surface area contributed by atoms with Gasteiger partial charge in [-0.25, -0.2) is 9.59 Å². The maximum absolute atomic E-state index is 15.3. The molecule has 4 fully saturated rings. The SMILES string of the molecule is NC(N)=NCCC[C@H](NC(=O)[C@@H]1CC2CCCCC2N1C(=O)[C@H]1Cc2ccccc2CN1C(=O)CCC(=O)N1Cc2ccccc2C[C@@H]1C(=O)N1C2CCCCC2C[C@H]1C(=O)N[C@@H](CCCN=C(N)N)C(=O)O)C(=O)O. The van der Waals surface area contributed by atoms with E-state index in [1.165, 1.54) is 9.80 Å². The highest BCUT2D eigenvalue weighted by Gasteiger charge is 2.53. The van der Waals surface area contributed by atoms with E-state index in [-0.39, 0.29) is 113 Å². The summed E-state index contributed by atoms with van der Waals surface area (Å²) >= 11 is 0. The number of nitrogens with zero attached hydrogens (tertiary/aromatic N) is 6. The third kappa shape index (κ3) is 12.5. The Bertz CT molecular complexity index is 2410. The molecule has 0 bridgehead atoms. The van der Waals surface area contributed by atoms with Gasteiger partial charge in [0.1, 0.15) is 36.3 Å². The third-order valence-corrected chi connectivity index (χ3v) is 16.7. The lowest BCUT2D eigenvalue weighted by Crippen LogP contribution is -2.60. The number of benzene rings is 2. The van der Waals surface area contributed by atoms with Crippen molar-refractivity contribution in [2.24, 2.45) is 44.8 Å². The summed E-state index contributed by atoms with van der Waals surface area (Å²) in [4.78, 5) is 127. The molecule has 2 aliphatic carbocycles. The Balaban J connectivity index is 1.01. The lowest BCUT2D eigenvalue weighted by atomic mass is 9.84.